The third-order valence-electron chi connectivity index (χ3n) is 3.73. The van der Waals surface area contributed by atoms with Gasteiger partial charge in [0.05, 0.1) is 5.52 Å². The molecule has 3 rings (SSSR count). The highest BCUT2D eigenvalue weighted by molar-refractivity contribution is 6.06. The molecular weight excluding hydrogens is 250 g/mol. The summed E-state index contributed by atoms with van der Waals surface area (Å²) < 4.78 is 0. The van der Waals surface area contributed by atoms with Crippen molar-refractivity contribution in [3.05, 3.63) is 42.1 Å². The van der Waals surface area contributed by atoms with Crippen LogP contribution in [0, 0.1) is 0 Å². The van der Waals surface area contributed by atoms with Crippen LogP contribution in [0.25, 0.3) is 10.9 Å². The molecule has 0 bridgehead atoms. The van der Waals surface area contributed by atoms with E-state index in [1.54, 1.807) is 6.20 Å². The van der Waals surface area contributed by atoms with Crippen molar-refractivity contribution < 1.29 is 4.79 Å². The molecule has 1 saturated carbocycles. The first-order valence-electron chi connectivity index (χ1n) is 7.16. The van der Waals surface area contributed by atoms with Crippen LogP contribution < -0.4 is 5.73 Å². The van der Waals surface area contributed by atoms with E-state index in [0.717, 1.165) is 42.3 Å². The van der Waals surface area contributed by atoms with Crippen LogP contribution in [0.3, 0.4) is 0 Å². The number of carbonyl (C=O) groups is 1. The maximum absolute atomic E-state index is 12.8. The van der Waals surface area contributed by atoms with E-state index in [2.05, 4.69) is 4.98 Å². The van der Waals surface area contributed by atoms with Crippen molar-refractivity contribution >= 4 is 16.8 Å². The molecule has 0 radical (unpaired) electrons. The molecule has 1 aromatic carbocycles. The fourth-order valence-electron chi connectivity index (χ4n) is 2.54. The molecule has 0 unspecified atom stereocenters. The van der Waals surface area contributed by atoms with Gasteiger partial charge in [0, 0.05) is 29.7 Å². The lowest BCUT2D eigenvalue weighted by atomic mass is 10.1. The Balaban J connectivity index is 1.94. The topological polar surface area (TPSA) is 59.2 Å². The first-order chi connectivity index (χ1) is 9.81. The molecule has 1 amide bonds. The summed E-state index contributed by atoms with van der Waals surface area (Å²) in [6, 6.07) is 9.97. The molecule has 20 heavy (non-hydrogen) atoms. The van der Waals surface area contributed by atoms with Crippen LogP contribution in [0.5, 0.6) is 0 Å². The van der Waals surface area contributed by atoms with Crippen molar-refractivity contribution in [1.29, 1.82) is 0 Å². The number of fused-ring (bicyclic) bond motifs is 1. The third-order valence-corrected chi connectivity index (χ3v) is 3.73. The molecule has 0 saturated heterocycles. The van der Waals surface area contributed by atoms with Crippen molar-refractivity contribution in [3.8, 4) is 0 Å². The summed E-state index contributed by atoms with van der Waals surface area (Å²) in [4.78, 5) is 19.1. The van der Waals surface area contributed by atoms with E-state index in [1.165, 1.54) is 0 Å². The summed E-state index contributed by atoms with van der Waals surface area (Å²) in [5.74, 6) is 0.111. The van der Waals surface area contributed by atoms with Gasteiger partial charge in [0.25, 0.3) is 5.91 Å². The summed E-state index contributed by atoms with van der Waals surface area (Å²) in [6.07, 6.45) is 4.83. The molecule has 1 aromatic heterocycles. The van der Waals surface area contributed by atoms with Gasteiger partial charge in [-0.2, -0.15) is 0 Å². The van der Waals surface area contributed by atoms with E-state index >= 15 is 0 Å². The Hall–Kier alpha value is -1.94. The maximum atomic E-state index is 12.8. The van der Waals surface area contributed by atoms with Gasteiger partial charge in [0.1, 0.15) is 0 Å². The van der Waals surface area contributed by atoms with Crippen LogP contribution in [0.4, 0.5) is 0 Å². The number of aromatic nitrogens is 1. The smallest absolute Gasteiger partial charge is 0.254 e. The fraction of sp³-hybridized carbons (Fsp3) is 0.375. The molecule has 1 fully saturated rings. The highest BCUT2D eigenvalue weighted by atomic mass is 16.2. The number of carbonyl (C=O) groups excluding carboxylic acids is 1. The summed E-state index contributed by atoms with van der Waals surface area (Å²) >= 11 is 0. The SMILES string of the molecule is NCCCN(C(=O)c1cccc2ncccc12)C1CC1. The minimum absolute atomic E-state index is 0.111. The molecule has 4 nitrogen and oxygen atoms in total. The molecule has 104 valence electrons. The van der Waals surface area contributed by atoms with Crippen LogP contribution in [-0.2, 0) is 0 Å². The lowest BCUT2D eigenvalue weighted by Crippen LogP contribution is -2.35. The van der Waals surface area contributed by atoms with E-state index in [-0.39, 0.29) is 5.91 Å². The molecule has 0 atom stereocenters. The van der Waals surface area contributed by atoms with E-state index < -0.39 is 0 Å². The highest BCUT2D eigenvalue weighted by Crippen LogP contribution is 2.29. The minimum Gasteiger partial charge on any atom is -0.336 e. The average Bonchev–Trinajstić information content (AvgIpc) is 3.31. The Morgan fingerprint density at radius 2 is 2.15 bits per heavy atom. The molecule has 0 aliphatic heterocycles. The predicted octanol–water partition coefficient (Wildman–Crippen LogP) is 2.19. The number of hydrogen-bond acceptors (Lipinski definition) is 3. The number of pyridine rings is 1. The van der Waals surface area contributed by atoms with Crippen molar-refractivity contribution in [1.82, 2.24) is 9.88 Å². The molecule has 4 heteroatoms. The van der Waals surface area contributed by atoms with Gasteiger partial charge in [0.2, 0.25) is 0 Å². The second kappa shape index (κ2) is 5.59. The van der Waals surface area contributed by atoms with Crippen LogP contribution in [0.15, 0.2) is 36.5 Å². The minimum atomic E-state index is 0.111. The Labute approximate surface area is 118 Å². The quantitative estimate of drug-likeness (QED) is 0.905. The standard InChI is InChI=1S/C16H19N3O/c17-9-3-11-19(12-7-8-12)16(20)14-4-1-6-15-13(14)5-2-10-18-15/h1-2,4-6,10,12H,3,7-9,11,17H2. The summed E-state index contributed by atoms with van der Waals surface area (Å²) in [7, 11) is 0. The van der Waals surface area contributed by atoms with E-state index in [9.17, 15) is 4.79 Å². The van der Waals surface area contributed by atoms with Crippen LogP contribution in [0.2, 0.25) is 0 Å². The first kappa shape index (κ1) is 13.1. The zero-order valence-corrected chi connectivity index (χ0v) is 11.5. The van der Waals surface area contributed by atoms with Gasteiger partial charge in [-0.1, -0.05) is 12.1 Å². The van der Waals surface area contributed by atoms with Gasteiger partial charge in [-0.05, 0) is 44.0 Å². The highest BCUT2D eigenvalue weighted by Gasteiger charge is 2.33. The van der Waals surface area contributed by atoms with E-state index in [0.29, 0.717) is 12.6 Å². The molecular formula is C16H19N3O. The predicted molar refractivity (Wildman–Crippen MR) is 79.5 cm³/mol. The van der Waals surface area contributed by atoms with Crippen molar-refractivity contribution in [2.75, 3.05) is 13.1 Å². The van der Waals surface area contributed by atoms with Crippen LogP contribution in [0.1, 0.15) is 29.6 Å². The van der Waals surface area contributed by atoms with E-state index in [4.69, 9.17) is 5.73 Å². The summed E-state index contributed by atoms with van der Waals surface area (Å²) in [6.45, 7) is 1.37. The number of benzene rings is 1. The summed E-state index contributed by atoms with van der Waals surface area (Å²) in [5, 5.41) is 0.929. The number of hydrogen-bond donors (Lipinski definition) is 1. The van der Waals surface area contributed by atoms with Gasteiger partial charge >= 0.3 is 0 Å². The van der Waals surface area contributed by atoms with Gasteiger partial charge in [-0.25, -0.2) is 0 Å². The zero-order valence-electron chi connectivity index (χ0n) is 11.5. The lowest BCUT2D eigenvalue weighted by Gasteiger charge is -2.22. The summed E-state index contributed by atoms with van der Waals surface area (Å²) in [5.41, 5.74) is 7.20. The van der Waals surface area contributed by atoms with E-state index in [1.807, 2.05) is 35.2 Å². The van der Waals surface area contributed by atoms with Crippen LogP contribution >= 0.6 is 0 Å². The Morgan fingerprint density at radius 1 is 1.30 bits per heavy atom. The van der Waals surface area contributed by atoms with Gasteiger partial charge < -0.3 is 10.6 Å². The van der Waals surface area contributed by atoms with Gasteiger partial charge in [-0.15, -0.1) is 0 Å². The Bertz CT molecular complexity index is 617. The largest absolute Gasteiger partial charge is 0.336 e. The maximum Gasteiger partial charge on any atom is 0.254 e. The number of nitrogens with two attached hydrogens (primary N) is 1. The second-order valence-corrected chi connectivity index (χ2v) is 5.25. The Morgan fingerprint density at radius 3 is 2.90 bits per heavy atom. The first-order valence-corrected chi connectivity index (χ1v) is 7.16. The third kappa shape index (κ3) is 2.51. The molecule has 1 aliphatic carbocycles. The normalized spacial score (nSPS) is 14.4. The van der Waals surface area contributed by atoms with Crippen LogP contribution in [-0.4, -0.2) is 34.9 Å². The number of rotatable bonds is 5. The number of amides is 1. The van der Waals surface area contributed by atoms with Gasteiger partial charge in [-0.3, -0.25) is 9.78 Å². The molecule has 1 heterocycles. The molecule has 2 aromatic rings. The lowest BCUT2D eigenvalue weighted by molar-refractivity contribution is 0.0744. The Kier molecular flexibility index (Phi) is 3.65. The monoisotopic (exact) mass is 269 g/mol. The van der Waals surface area contributed by atoms with Crippen molar-refractivity contribution in [2.24, 2.45) is 5.73 Å². The zero-order chi connectivity index (χ0) is 13.9. The van der Waals surface area contributed by atoms with Crippen molar-refractivity contribution in [3.63, 3.8) is 0 Å². The fourth-order valence-corrected chi connectivity index (χ4v) is 2.54. The molecule has 2 N–H and O–H groups in total. The van der Waals surface area contributed by atoms with Crippen molar-refractivity contribution in [2.45, 2.75) is 25.3 Å². The average molecular weight is 269 g/mol. The molecule has 0 spiro atoms. The van der Waals surface area contributed by atoms with Gasteiger partial charge in [0.15, 0.2) is 0 Å². The number of nitrogens with zero attached hydrogens (tertiary/aromatic N) is 2. The second-order valence-electron chi connectivity index (χ2n) is 5.25. The molecule has 1 aliphatic rings.